The molecule has 0 unspecified atom stereocenters. The number of aryl methyl sites for hydroxylation is 2. The van der Waals surface area contributed by atoms with Crippen molar-refractivity contribution in [3.8, 4) is 0 Å². The number of hydrogen-bond donors (Lipinski definition) is 0. The fourth-order valence-corrected chi connectivity index (χ4v) is 2.93. The summed E-state index contributed by atoms with van der Waals surface area (Å²) in [5.74, 6) is -0.0481. The number of nitrogens with zero attached hydrogens (tertiary/aromatic N) is 2. The minimum Gasteiger partial charge on any atom is -0.294 e. The first-order valence-corrected chi connectivity index (χ1v) is 7.10. The highest BCUT2D eigenvalue weighted by atomic mass is 79.9. The molecule has 2 aromatic rings. The van der Waals surface area contributed by atoms with Crippen LogP contribution in [0.3, 0.4) is 0 Å². The third-order valence-corrected chi connectivity index (χ3v) is 3.94. The topological polar surface area (TPSA) is 34.9 Å². The third-order valence-electron chi connectivity index (χ3n) is 2.77. The first-order valence-electron chi connectivity index (χ1n) is 5.55. The maximum Gasteiger partial charge on any atom is 0.168 e. The lowest BCUT2D eigenvalue weighted by atomic mass is 10.1. The Balaban J connectivity index is 2.30. The van der Waals surface area contributed by atoms with E-state index in [-0.39, 0.29) is 12.2 Å². The molecule has 1 aromatic heterocycles. The largest absolute Gasteiger partial charge is 0.294 e. The van der Waals surface area contributed by atoms with Crippen LogP contribution in [0.15, 0.2) is 22.7 Å². The van der Waals surface area contributed by atoms with Gasteiger partial charge in [0.1, 0.15) is 0 Å². The molecule has 2 rings (SSSR count). The average Bonchev–Trinajstić information content (AvgIpc) is 2.54. The van der Waals surface area contributed by atoms with E-state index >= 15 is 0 Å². The van der Waals surface area contributed by atoms with Crippen molar-refractivity contribution in [2.24, 2.45) is 7.05 Å². The molecule has 0 radical (unpaired) electrons. The highest BCUT2D eigenvalue weighted by molar-refractivity contribution is 9.10. The van der Waals surface area contributed by atoms with Gasteiger partial charge in [0.2, 0.25) is 0 Å². The Bertz CT molecular complexity index is 632. The number of halogens is 3. The lowest BCUT2D eigenvalue weighted by Gasteiger charge is -2.04. The minimum absolute atomic E-state index is 0.0481. The van der Waals surface area contributed by atoms with E-state index in [1.54, 1.807) is 29.9 Å². The van der Waals surface area contributed by atoms with E-state index in [1.165, 1.54) is 0 Å². The van der Waals surface area contributed by atoms with Crippen LogP contribution in [0.25, 0.3) is 0 Å². The van der Waals surface area contributed by atoms with E-state index < -0.39 is 0 Å². The molecule has 1 aromatic carbocycles. The summed E-state index contributed by atoms with van der Waals surface area (Å²) in [5, 5.41) is 5.25. The first-order chi connectivity index (χ1) is 8.88. The molecule has 0 saturated heterocycles. The van der Waals surface area contributed by atoms with Gasteiger partial charge in [0.05, 0.1) is 22.8 Å². The first kappa shape index (κ1) is 14.6. The van der Waals surface area contributed by atoms with Crippen molar-refractivity contribution in [2.45, 2.75) is 13.3 Å². The smallest absolute Gasteiger partial charge is 0.168 e. The molecule has 0 spiro atoms. The molecule has 0 N–H and O–H groups in total. The molecule has 0 aliphatic carbocycles. The van der Waals surface area contributed by atoms with Crippen LogP contribution in [-0.2, 0) is 13.5 Å². The van der Waals surface area contributed by atoms with Crippen molar-refractivity contribution in [1.82, 2.24) is 9.78 Å². The SMILES string of the molecule is Cc1nn(C)c(CC(=O)c2cc(Cl)cc(Br)c2)c1Cl. The van der Waals surface area contributed by atoms with Gasteiger partial charge < -0.3 is 0 Å². The van der Waals surface area contributed by atoms with E-state index in [1.807, 2.05) is 6.92 Å². The number of Topliss-reactive ketones (excluding diaryl/α,β-unsaturated/α-hetero) is 1. The Morgan fingerprint density at radius 2 is 2.05 bits per heavy atom. The number of aromatic nitrogens is 2. The number of carbonyl (C=O) groups is 1. The van der Waals surface area contributed by atoms with Crippen LogP contribution in [0, 0.1) is 6.92 Å². The predicted molar refractivity (Wildman–Crippen MR) is 80.1 cm³/mol. The number of rotatable bonds is 3. The van der Waals surface area contributed by atoms with Gasteiger partial charge in [0.15, 0.2) is 5.78 Å². The van der Waals surface area contributed by atoms with E-state index in [4.69, 9.17) is 23.2 Å². The van der Waals surface area contributed by atoms with Gasteiger partial charge >= 0.3 is 0 Å². The van der Waals surface area contributed by atoms with Crippen molar-refractivity contribution in [1.29, 1.82) is 0 Å². The molecular formula is C13H11BrCl2N2O. The normalized spacial score (nSPS) is 10.8. The summed E-state index contributed by atoms with van der Waals surface area (Å²) in [4.78, 5) is 12.3. The highest BCUT2D eigenvalue weighted by Crippen LogP contribution is 2.24. The van der Waals surface area contributed by atoms with Gasteiger partial charge in [-0.15, -0.1) is 0 Å². The summed E-state index contributed by atoms with van der Waals surface area (Å²) in [7, 11) is 1.77. The number of benzene rings is 1. The van der Waals surface area contributed by atoms with Gasteiger partial charge in [-0.3, -0.25) is 9.48 Å². The molecule has 0 atom stereocenters. The molecular weight excluding hydrogens is 351 g/mol. The summed E-state index contributed by atoms with van der Waals surface area (Å²) < 4.78 is 2.41. The van der Waals surface area contributed by atoms with E-state index in [0.29, 0.717) is 21.3 Å². The van der Waals surface area contributed by atoms with Crippen LogP contribution in [-0.4, -0.2) is 15.6 Å². The van der Waals surface area contributed by atoms with Crippen LogP contribution >= 0.6 is 39.1 Å². The zero-order chi connectivity index (χ0) is 14.2. The molecule has 0 aliphatic rings. The van der Waals surface area contributed by atoms with Gasteiger partial charge in [-0.2, -0.15) is 5.10 Å². The van der Waals surface area contributed by atoms with Crippen LogP contribution in [0.1, 0.15) is 21.7 Å². The van der Waals surface area contributed by atoms with Crippen LogP contribution in [0.2, 0.25) is 10.0 Å². The Hall–Kier alpha value is -0.840. The zero-order valence-corrected chi connectivity index (χ0v) is 13.5. The second-order valence-electron chi connectivity index (χ2n) is 4.23. The van der Waals surface area contributed by atoms with E-state index in [0.717, 1.165) is 10.2 Å². The Morgan fingerprint density at radius 1 is 1.37 bits per heavy atom. The molecule has 1 heterocycles. The van der Waals surface area contributed by atoms with Crippen LogP contribution in [0.5, 0.6) is 0 Å². The summed E-state index contributed by atoms with van der Waals surface area (Å²) >= 11 is 15.4. The number of ketones is 1. The van der Waals surface area contributed by atoms with Crippen LogP contribution < -0.4 is 0 Å². The number of hydrogen-bond acceptors (Lipinski definition) is 2. The van der Waals surface area contributed by atoms with Gasteiger partial charge in [0.25, 0.3) is 0 Å². The third kappa shape index (κ3) is 3.19. The standard InChI is InChI=1S/C13H11BrCl2N2O/c1-7-13(16)11(18(2)17-7)6-12(19)8-3-9(14)5-10(15)4-8/h3-5H,6H2,1-2H3. The summed E-state index contributed by atoms with van der Waals surface area (Å²) in [6.07, 6.45) is 0.197. The average molecular weight is 362 g/mol. The van der Waals surface area contributed by atoms with Gasteiger partial charge in [-0.1, -0.05) is 39.1 Å². The fraction of sp³-hybridized carbons (Fsp3) is 0.231. The van der Waals surface area contributed by atoms with Gasteiger partial charge in [-0.05, 0) is 25.1 Å². The van der Waals surface area contributed by atoms with E-state index in [9.17, 15) is 4.79 Å². The second kappa shape index (κ2) is 5.65. The Labute approximate surface area is 129 Å². The molecule has 0 saturated carbocycles. The molecule has 0 amide bonds. The lowest BCUT2D eigenvalue weighted by molar-refractivity contribution is 0.0990. The molecule has 3 nitrogen and oxygen atoms in total. The molecule has 19 heavy (non-hydrogen) atoms. The van der Waals surface area contributed by atoms with Crippen molar-refractivity contribution in [3.05, 3.63) is 49.7 Å². The highest BCUT2D eigenvalue weighted by Gasteiger charge is 2.16. The van der Waals surface area contributed by atoms with Gasteiger partial charge in [-0.25, -0.2) is 0 Å². The van der Waals surface area contributed by atoms with Crippen molar-refractivity contribution >= 4 is 44.9 Å². The molecule has 0 aliphatic heterocycles. The van der Waals surface area contributed by atoms with E-state index in [2.05, 4.69) is 21.0 Å². The fourth-order valence-electron chi connectivity index (χ4n) is 1.84. The Kier molecular flexibility index (Phi) is 4.33. The van der Waals surface area contributed by atoms with Crippen molar-refractivity contribution in [2.75, 3.05) is 0 Å². The molecule has 6 heteroatoms. The van der Waals surface area contributed by atoms with Crippen LogP contribution in [0.4, 0.5) is 0 Å². The zero-order valence-electron chi connectivity index (χ0n) is 10.4. The predicted octanol–water partition coefficient (Wildman–Crippen LogP) is 4.22. The molecule has 0 fully saturated rings. The minimum atomic E-state index is -0.0481. The molecule has 0 bridgehead atoms. The summed E-state index contributed by atoms with van der Waals surface area (Å²) in [5.41, 5.74) is 1.98. The van der Waals surface area contributed by atoms with Gasteiger partial charge in [0, 0.05) is 22.1 Å². The quantitative estimate of drug-likeness (QED) is 0.767. The second-order valence-corrected chi connectivity index (χ2v) is 5.96. The monoisotopic (exact) mass is 360 g/mol. The maximum absolute atomic E-state index is 12.3. The Morgan fingerprint density at radius 3 is 2.58 bits per heavy atom. The lowest BCUT2D eigenvalue weighted by Crippen LogP contribution is -2.08. The summed E-state index contributed by atoms with van der Waals surface area (Å²) in [6, 6.07) is 5.12. The molecule has 100 valence electrons. The summed E-state index contributed by atoms with van der Waals surface area (Å²) in [6.45, 7) is 1.81. The number of carbonyl (C=O) groups excluding carboxylic acids is 1. The van der Waals surface area contributed by atoms with Crippen molar-refractivity contribution < 1.29 is 4.79 Å². The maximum atomic E-state index is 12.3. The van der Waals surface area contributed by atoms with Crippen molar-refractivity contribution in [3.63, 3.8) is 0 Å².